The van der Waals surface area contributed by atoms with Gasteiger partial charge in [-0.2, -0.15) is 0 Å². The summed E-state index contributed by atoms with van der Waals surface area (Å²) in [4.78, 5) is 11.6. The summed E-state index contributed by atoms with van der Waals surface area (Å²) in [5.41, 5.74) is 0.716. The Morgan fingerprint density at radius 3 is 2.29 bits per heavy atom. The van der Waals surface area contributed by atoms with E-state index in [4.69, 9.17) is 4.42 Å². The van der Waals surface area contributed by atoms with Crippen LogP contribution in [0.5, 0.6) is 0 Å². The molecule has 0 spiro atoms. The van der Waals surface area contributed by atoms with Gasteiger partial charge in [-0.1, -0.05) is 51.9 Å². The standard InChI is InChI=1S/C15H24O2/c1-2-3-4-5-6-7-8-9-10-15(16)14-11-12-17-13-14/h11-13H,2-10H2,1H3. The first-order chi connectivity index (χ1) is 8.34. The van der Waals surface area contributed by atoms with Gasteiger partial charge in [0.15, 0.2) is 5.78 Å². The molecule has 1 rings (SSSR count). The van der Waals surface area contributed by atoms with Crippen molar-refractivity contribution in [1.82, 2.24) is 0 Å². The number of unbranched alkanes of at least 4 members (excludes halogenated alkanes) is 7. The fraction of sp³-hybridized carbons (Fsp3) is 0.667. The molecule has 1 aromatic heterocycles. The fourth-order valence-electron chi connectivity index (χ4n) is 1.99. The van der Waals surface area contributed by atoms with Gasteiger partial charge < -0.3 is 4.42 Å². The Morgan fingerprint density at radius 2 is 1.71 bits per heavy atom. The van der Waals surface area contributed by atoms with Crippen LogP contribution >= 0.6 is 0 Å². The van der Waals surface area contributed by atoms with Gasteiger partial charge in [-0.3, -0.25) is 4.79 Å². The number of Topliss-reactive ketones (excluding diaryl/α,β-unsaturated/α-hetero) is 1. The van der Waals surface area contributed by atoms with E-state index >= 15 is 0 Å². The van der Waals surface area contributed by atoms with Crippen LogP contribution in [-0.2, 0) is 0 Å². The molecule has 0 amide bonds. The van der Waals surface area contributed by atoms with E-state index in [1.54, 1.807) is 12.3 Å². The SMILES string of the molecule is CCCCCCCCCCC(=O)c1ccoc1. The van der Waals surface area contributed by atoms with Crippen LogP contribution in [0, 0.1) is 0 Å². The van der Waals surface area contributed by atoms with E-state index in [0.29, 0.717) is 12.0 Å². The zero-order chi connectivity index (χ0) is 12.3. The van der Waals surface area contributed by atoms with E-state index in [2.05, 4.69) is 6.92 Å². The van der Waals surface area contributed by atoms with Crippen molar-refractivity contribution in [2.75, 3.05) is 0 Å². The summed E-state index contributed by atoms with van der Waals surface area (Å²) in [6.07, 6.45) is 13.9. The Bertz CT molecular complexity index is 288. The summed E-state index contributed by atoms with van der Waals surface area (Å²) in [5.74, 6) is 0.213. The lowest BCUT2D eigenvalue weighted by molar-refractivity contribution is 0.0978. The van der Waals surface area contributed by atoms with Crippen LogP contribution in [-0.4, -0.2) is 5.78 Å². The average molecular weight is 236 g/mol. The van der Waals surface area contributed by atoms with Crippen molar-refractivity contribution in [3.63, 3.8) is 0 Å². The summed E-state index contributed by atoms with van der Waals surface area (Å²) in [6.45, 7) is 2.24. The molecular formula is C15H24O2. The Balaban J connectivity index is 1.92. The summed E-state index contributed by atoms with van der Waals surface area (Å²) in [5, 5.41) is 0. The molecule has 0 saturated carbocycles. The molecular weight excluding hydrogens is 212 g/mol. The van der Waals surface area contributed by atoms with Crippen LogP contribution in [0.4, 0.5) is 0 Å². The molecule has 1 heterocycles. The fourth-order valence-corrected chi connectivity index (χ4v) is 1.99. The summed E-state index contributed by atoms with van der Waals surface area (Å²) in [7, 11) is 0. The second kappa shape index (κ2) is 9.03. The number of carbonyl (C=O) groups excluding carboxylic acids is 1. The predicted octanol–water partition coefficient (Wildman–Crippen LogP) is 4.99. The van der Waals surface area contributed by atoms with E-state index in [1.807, 2.05) is 0 Å². The number of hydrogen-bond acceptors (Lipinski definition) is 2. The molecule has 0 aliphatic rings. The Hall–Kier alpha value is -1.05. The summed E-state index contributed by atoms with van der Waals surface area (Å²) >= 11 is 0. The molecule has 0 fully saturated rings. The first-order valence-electron chi connectivity index (χ1n) is 6.90. The summed E-state index contributed by atoms with van der Waals surface area (Å²) in [6, 6.07) is 1.74. The highest BCUT2D eigenvalue weighted by Crippen LogP contribution is 2.12. The number of rotatable bonds is 10. The van der Waals surface area contributed by atoms with Gasteiger partial charge in [0, 0.05) is 6.42 Å². The molecule has 0 N–H and O–H groups in total. The predicted molar refractivity (Wildman–Crippen MR) is 70.3 cm³/mol. The van der Waals surface area contributed by atoms with Crippen molar-refractivity contribution in [2.45, 2.75) is 64.7 Å². The van der Waals surface area contributed by atoms with Crippen LogP contribution < -0.4 is 0 Å². The van der Waals surface area contributed by atoms with Gasteiger partial charge in [0.2, 0.25) is 0 Å². The lowest BCUT2D eigenvalue weighted by Crippen LogP contribution is -1.96. The van der Waals surface area contributed by atoms with Crippen molar-refractivity contribution in [1.29, 1.82) is 0 Å². The van der Waals surface area contributed by atoms with Gasteiger partial charge in [0.1, 0.15) is 6.26 Å². The highest BCUT2D eigenvalue weighted by molar-refractivity contribution is 5.95. The Labute approximate surface area is 104 Å². The van der Waals surface area contributed by atoms with Crippen LogP contribution in [0.25, 0.3) is 0 Å². The highest BCUT2D eigenvalue weighted by atomic mass is 16.3. The Kier molecular flexibility index (Phi) is 7.44. The minimum atomic E-state index is 0.213. The molecule has 0 atom stereocenters. The molecule has 0 saturated heterocycles. The first kappa shape index (κ1) is 14.0. The molecule has 96 valence electrons. The van der Waals surface area contributed by atoms with Crippen molar-refractivity contribution in [3.8, 4) is 0 Å². The van der Waals surface area contributed by atoms with Gasteiger partial charge >= 0.3 is 0 Å². The molecule has 0 bridgehead atoms. The molecule has 0 aliphatic carbocycles. The number of hydrogen-bond donors (Lipinski definition) is 0. The van der Waals surface area contributed by atoms with Gasteiger partial charge in [0.05, 0.1) is 11.8 Å². The average Bonchev–Trinajstić information content (AvgIpc) is 2.86. The monoisotopic (exact) mass is 236 g/mol. The zero-order valence-electron chi connectivity index (χ0n) is 10.9. The van der Waals surface area contributed by atoms with Crippen LogP contribution in [0.3, 0.4) is 0 Å². The van der Waals surface area contributed by atoms with Gasteiger partial charge in [-0.05, 0) is 12.5 Å². The maximum Gasteiger partial charge on any atom is 0.166 e. The lowest BCUT2D eigenvalue weighted by Gasteiger charge is -2.00. The van der Waals surface area contributed by atoms with E-state index in [9.17, 15) is 4.79 Å². The van der Waals surface area contributed by atoms with E-state index < -0.39 is 0 Å². The number of furan rings is 1. The largest absolute Gasteiger partial charge is 0.472 e. The van der Waals surface area contributed by atoms with Crippen molar-refractivity contribution in [2.24, 2.45) is 0 Å². The van der Waals surface area contributed by atoms with Crippen LogP contribution in [0.2, 0.25) is 0 Å². The van der Waals surface area contributed by atoms with Gasteiger partial charge in [0.25, 0.3) is 0 Å². The van der Waals surface area contributed by atoms with Gasteiger partial charge in [-0.25, -0.2) is 0 Å². The molecule has 17 heavy (non-hydrogen) atoms. The second-order valence-electron chi connectivity index (χ2n) is 4.66. The maximum absolute atomic E-state index is 11.6. The van der Waals surface area contributed by atoms with E-state index in [0.717, 1.165) is 6.42 Å². The first-order valence-corrected chi connectivity index (χ1v) is 6.90. The van der Waals surface area contributed by atoms with Crippen molar-refractivity contribution in [3.05, 3.63) is 24.2 Å². The van der Waals surface area contributed by atoms with Crippen molar-refractivity contribution >= 4 is 5.78 Å². The normalized spacial score (nSPS) is 10.6. The molecule has 0 aromatic carbocycles. The molecule has 2 nitrogen and oxygen atoms in total. The summed E-state index contributed by atoms with van der Waals surface area (Å²) < 4.78 is 4.90. The maximum atomic E-state index is 11.6. The minimum absolute atomic E-state index is 0.213. The third-order valence-corrected chi connectivity index (χ3v) is 3.10. The third kappa shape index (κ3) is 6.30. The third-order valence-electron chi connectivity index (χ3n) is 3.10. The highest BCUT2D eigenvalue weighted by Gasteiger charge is 2.05. The van der Waals surface area contributed by atoms with Crippen LogP contribution in [0.15, 0.2) is 23.0 Å². The van der Waals surface area contributed by atoms with Crippen LogP contribution in [0.1, 0.15) is 75.1 Å². The lowest BCUT2D eigenvalue weighted by atomic mass is 10.0. The topological polar surface area (TPSA) is 30.2 Å². The Morgan fingerprint density at radius 1 is 1.06 bits per heavy atom. The smallest absolute Gasteiger partial charge is 0.166 e. The number of ketones is 1. The molecule has 2 heteroatoms. The number of carbonyl (C=O) groups is 1. The zero-order valence-corrected chi connectivity index (χ0v) is 10.9. The quantitative estimate of drug-likeness (QED) is 0.423. The van der Waals surface area contributed by atoms with Gasteiger partial charge in [-0.15, -0.1) is 0 Å². The second-order valence-corrected chi connectivity index (χ2v) is 4.66. The molecule has 0 unspecified atom stereocenters. The molecule has 0 radical (unpaired) electrons. The van der Waals surface area contributed by atoms with E-state index in [1.165, 1.54) is 51.2 Å². The molecule has 0 aliphatic heterocycles. The molecule has 1 aromatic rings. The van der Waals surface area contributed by atoms with Crippen molar-refractivity contribution < 1.29 is 9.21 Å². The minimum Gasteiger partial charge on any atom is -0.472 e. The van der Waals surface area contributed by atoms with E-state index in [-0.39, 0.29) is 5.78 Å².